The zero-order valence-corrected chi connectivity index (χ0v) is 12.4. The summed E-state index contributed by atoms with van der Waals surface area (Å²) in [5, 5.41) is 7.06. The molecule has 1 aromatic heterocycles. The third-order valence-electron chi connectivity index (χ3n) is 4.69. The molecule has 0 bridgehead atoms. The Balaban J connectivity index is 1.51. The molecule has 1 amide bonds. The van der Waals surface area contributed by atoms with Crippen LogP contribution in [0.2, 0.25) is 0 Å². The Morgan fingerprint density at radius 1 is 1.32 bits per heavy atom. The molecule has 2 aromatic rings. The molecule has 2 aliphatic rings. The summed E-state index contributed by atoms with van der Waals surface area (Å²) in [5.74, 6) is 1.24. The van der Waals surface area contributed by atoms with E-state index < -0.39 is 0 Å². The van der Waals surface area contributed by atoms with E-state index in [9.17, 15) is 4.79 Å². The fraction of sp³-hybridized carbons (Fsp3) is 0.412. The van der Waals surface area contributed by atoms with E-state index in [1.54, 1.807) is 6.20 Å². The number of amides is 1. The molecule has 2 unspecified atom stereocenters. The summed E-state index contributed by atoms with van der Waals surface area (Å²) >= 11 is 0. The summed E-state index contributed by atoms with van der Waals surface area (Å²) < 4.78 is 5.66. The zero-order valence-electron chi connectivity index (χ0n) is 12.4. The van der Waals surface area contributed by atoms with E-state index in [2.05, 4.69) is 10.2 Å². The number of carbonyl (C=O) groups excluding carboxylic acids is 1. The lowest BCUT2D eigenvalue weighted by Crippen LogP contribution is -2.42. The largest absolute Gasteiger partial charge is 0.492 e. The fourth-order valence-corrected chi connectivity index (χ4v) is 3.51. The quantitative estimate of drug-likeness (QED) is 0.925. The van der Waals surface area contributed by atoms with E-state index in [4.69, 9.17) is 4.74 Å². The normalized spacial score (nSPS) is 23.9. The smallest absolute Gasteiger partial charge is 0.233 e. The van der Waals surface area contributed by atoms with E-state index >= 15 is 0 Å². The van der Waals surface area contributed by atoms with Gasteiger partial charge in [-0.05, 0) is 25.0 Å². The lowest BCUT2D eigenvalue weighted by molar-refractivity contribution is -0.134. The van der Waals surface area contributed by atoms with Gasteiger partial charge in [0.2, 0.25) is 5.91 Å². The van der Waals surface area contributed by atoms with Gasteiger partial charge in [0.15, 0.2) is 0 Å². The monoisotopic (exact) mass is 297 g/mol. The third kappa shape index (κ3) is 2.26. The van der Waals surface area contributed by atoms with Crippen molar-refractivity contribution in [3.05, 3.63) is 47.8 Å². The van der Waals surface area contributed by atoms with E-state index in [0.29, 0.717) is 12.5 Å². The highest BCUT2D eigenvalue weighted by Crippen LogP contribution is 2.36. The average molecular weight is 297 g/mol. The molecular weight excluding hydrogens is 278 g/mol. The number of hydrogen-bond donors (Lipinski definition) is 1. The maximum Gasteiger partial charge on any atom is 0.233 e. The molecule has 4 rings (SSSR count). The number of fused-ring (bicyclic) bond motifs is 1. The first-order chi connectivity index (χ1) is 10.8. The van der Waals surface area contributed by atoms with Crippen molar-refractivity contribution in [2.24, 2.45) is 0 Å². The molecule has 0 radical (unpaired) electrons. The maximum absolute atomic E-state index is 12.9. The van der Waals surface area contributed by atoms with Crippen LogP contribution < -0.4 is 4.74 Å². The second-order valence-corrected chi connectivity index (χ2v) is 6.04. The number of benzene rings is 1. The molecule has 0 saturated carbocycles. The summed E-state index contributed by atoms with van der Waals surface area (Å²) in [6.45, 7) is 2.06. The molecule has 2 atom stereocenters. The summed E-state index contributed by atoms with van der Waals surface area (Å²) in [6.07, 6.45) is 3.91. The Morgan fingerprint density at radius 3 is 3.09 bits per heavy atom. The van der Waals surface area contributed by atoms with Crippen molar-refractivity contribution in [1.29, 1.82) is 0 Å². The van der Waals surface area contributed by atoms with Gasteiger partial charge in [0.05, 0.1) is 0 Å². The Morgan fingerprint density at radius 2 is 2.23 bits per heavy atom. The molecule has 1 N–H and O–H groups in total. The highest BCUT2D eigenvalue weighted by molar-refractivity contribution is 5.85. The van der Waals surface area contributed by atoms with E-state index in [1.807, 2.05) is 35.2 Å². The number of hydrogen-bond acceptors (Lipinski definition) is 3. The van der Waals surface area contributed by atoms with Gasteiger partial charge in [-0.15, -0.1) is 0 Å². The van der Waals surface area contributed by atoms with Crippen LogP contribution in [-0.2, 0) is 4.79 Å². The van der Waals surface area contributed by atoms with Gasteiger partial charge in [-0.1, -0.05) is 18.2 Å². The number of likely N-dealkylation sites (tertiary alicyclic amines) is 1. The lowest BCUT2D eigenvalue weighted by Gasteiger charge is -2.33. The van der Waals surface area contributed by atoms with Crippen LogP contribution in [-0.4, -0.2) is 40.7 Å². The number of H-pyrrole nitrogens is 1. The average Bonchev–Trinajstić information content (AvgIpc) is 3.24. The summed E-state index contributed by atoms with van der Waals surface area (Å²) in [5.41, 5.74) is 2.15. The second-order valence-electron chi connectivity index (χ2n) is 6.04. The highest BCUT2D eigenvalue weighted by atomic mass is 16.5. The first-order valence-corrected chi connectivity index (χ1v) is 7.82. The van der Waals surface area contributed by atoms with Gasteiger partial charge >= 0.3 is 0 Å². The summed E-state index contributed by atoms with van der Waals surface area (Å²) in [6, 6.07) is 9.86. The van der Waals surface area contributed by atoms with Crippen LogP contribution in [0.1, 0.15) is 35.9 Å². The lowest BCUT2D eigenvalue weighted by atomic mass is 9.92. The van der Waals surface area contributed by atoms with E-state index in [0.717, 1.165) is 42.9 Å². The molecule has 2 aliphatic heterocycles. The number of para-hydroxylation sites is 1. The number of ether oxygens (including phenoxy) is 1. The predicted molar refractivity (Wildman–Crippen MR) is 81.8 cm³/mol. The van der Waals surface area contributed by atoms with Crippen molar-refractivity contribution in [1.82, 2.24) is 15.1 Å². The number of carbonyl (C=O) groups is 1. The minimum Gasteiger partial charge on any atom is -0.492 e. The minimum atomic E-state index is -0.156. The SMILES string of the molecule is O=C(C1COc2ccccc21)N1CCCC(c2ccn[nH]2)C1. The van der Waals surface area contributed by atoms with Crippen molar-refractivity contribution < 1.29 is 9.53 Å². The fourth-order valence-electron chi connectivity index (χ4n) is 3.51. The molecule has 1 aromatic carbocycles. The number of rotatable bonds is 2. The van der Waals surface area contributed by atoms with Crippen LogP contribution >= 0.6 is 0 Å². The third-order valence-corrected chi connectivity index (χ3v) is 4.69. The Kier molecular flexibility index (Phi) is 3.33. The number of piperidine rings is 1. The molecule has 22 heavy (non-hydrogen) atoms. The molecule has 0 aliphatic carbocycles. The zero-order chi connectivity index (χ0) is 14.9. The van der Waals surface area contributed by atoms with E-state index in [1.165, 1.54) is 0 Å². The van der Waals surface area contributed by atoms with Crippen LogP contribution in [0, 0.1) is 0 Å². The van der Waals surface area contributed by atoms with Crippen LogP contribution in [0.15, 0.2) is 36.5 Å². The van der Waals surface area contributed by atoms with Crippen LogP contribution in [0.4, 0.5) is 0 Å². The molecule has 1 saturated heterocycles. The first-order valence-electron chi connectivity index (χ1n) is 7.82. The summed E-state index contributed by atoms with van der Waals surface area (Å²) in [7, 11) is 0. The molecular formula is C17H19N3O2. The van der Waals surface area contributed by atoms with Crippen molar-refractivity contribution in [2.45, 2.75) is 24.7 Å². The van der Waals surface area contributed by atoms with Crippen LogP contribution in [0.3, 0.4) is 0 Å². The highest BCUT2D eigenvalue weighted by Gasteiger charge is 2.35. The minimum absolute atomic E-state index is 0.156. The number of nitrogens with zero attached hydrogens (tertiary/aromatic N) is 2. The first kappa shape index (κ1) is 13.4. The van der Waals surface area contributed by atoms with Crippen molar-refractivity contribution in [2.75, 3.05) is 19.7 Å². The van der Waals surface area contributed by atoms with Gasteiger partial charge in [-0.2, -0.15) is 5.10 Å². The van der Waals surface area contributed by atoms with Gasteiger partial charge in [0.25, 0.3) is 0 Å². The molecule has 114 valence electrons. The molecule has 0 spiro atoms. The molecule has 5 nitrogen and oxygen atoms in total. The van der Waals surface area contributed by atoms with Gasteiger partial charge in [0, 0.05) is 36.5 Å². The molecule has 3 heterocycles. The van der Waals surface area contributed by atoms with Gasteiger partial charge in [-0.3, -0.25) is 9.89 Å². The second kappa shape index (κ2) is 5.48. The Bertz CT molecular complexity index is 668. The molecule has 1 fully saturated rings. The summed E-state index contributed by atoms with van der Waals surface area (Å²) in [4.78, 5) is 14.9. The number of aromatic amines is 1. The van der Waals surface area contributed by atoms with Crippen molar-refractivity contribution >= 4 is 5.91 Å². The van der Waals surface area contributed by atoms with Gasteiger partial charge in [0.1, 0.15) is 18.3 Å². The standard InChI is InChI=1S/C17H19N3O2/c21-17(14-11-22-16-6-2-1-5-13(14)16)20-9-3-4-12(10-20)15-7-8-18-19-15/h1-2,5-8,12,14H,3-4,9-11H2,(H,18,19). The Labute approximate surface area is 129 Å². The van der Waals surface area contributed by atoms with Crippen LogP contribution in [0.5, 0.6) is 5.75 Å². The predicted octanol–water partition coefficient (Wildman–Crippen LogP) is 2.29. The van der Waals surface area contributed by atoms with Crippen molar-refractivity contribution in [3.8, 4) is 5.75 Å². The topological polar surface area (TPSA) is 58.2 Å². The number of aromatic nitrogens is 2. The molecule has 5 heteroatoms. The van der Waals surface area contributed by atoms with Gasteiger partial charge in [-0.25, -0.2) is 0 Å². The Hall–Kier alpha value is -2.30. The number of nitrogens with one attached hydrogen (secondary N) is 1. The van der Waals surface area contributed by atoms with Crippen LogP contribution in [0.25, 0.3) is 0 Å². The maximum atomic E-state index is 12.9. The van der Waals surface area contributed by atoms with E-state index in [-0.39, 0.29) is 11.8 Å². The van der Waals surface area contributed by atoms with Crippen molar-refractivity contribution in [3.63, 3.8) is 0 Å². The van der Waals surface area contributed by atoms with Gasteiger partial charge < -0.3 is 9.64 Å².